The Labute approximate surface area is 156 Å². The minimum Gasteiger partial charge on any atom is -0.481 e. The molecule has 2 aliphatic rings. The third-order valence-corrected chi connectivity index (χ3v) is 6.21. The van der Waals surface area contributed by atoms with Crippen LogP contribution in [0.25, 0.3) is 0 Å². The molecule has 1 aromatic carbocycles. The maximum absolute atomic E-state index is 13.4. The summed E-state index contributed by atoms with van der Waals surface area (Å²) in [6, 6.07) is 4.98. The van der Waals surface area contributed by atoms with Crippen molar-refractivity contribution in [3.05, 3.63) is 33.8 Å². The van der Waals surface area contributed by atoms with Crippen LogP contribution in [0.15, 0.2) is 18.2 Å². The number of hydrogen-bond acceptors (Lipinski definition) is 3. The number of carboxylic acids is 1. The molecular formula is C18H21Cl2NO4. The van der Waals surface area contributed by atoms with Gasteiger partial charge in [0.05, 0.1) is 28.0 Å². The summed E-state index contributed by atoms with van der Waals surface area (Å²) >= 11 is 12.2. The summed E-state index contributed by atoms with van der Waals surface area (Å²) in [5.41, 5.74) is 0.223. The lowest BCUT2D eigenvalue weighted by Crippen LogP contribution is -2.53. The molecule has 1 aromatic rings. The van der Waals surface area contributed by atoms with E-state index in [1.54, 1.807) is 24.1 Å². The van der Waals surface area contributed by atoms with Crippen molar-refractivity contribution >= 4 is 35.1 Å². The molecule has 0 spiro atoms. The highest BCUT2D eigenvalue weighted by Gasteiger charge is 2.51. The van der Waals surface area contributed by atoms with Crippen LogP contribution in [-0.4, -0.2) is 47.7 Å². The van der Waals surface area contributed by atoms with Gasteiger partial charge < -0.3 is 14.7 Å². The first-order valence-corrected chi connectivity index (χ1v) is 9.14. The molecule has 0 radical (unpaired) electrons. The van der Waals surface area contributed by atoms with Crippen molar-refractivity contribution < 1.29 is 19.4 Å². The highest BCUT2D eigenvalue weighted by molar-refractivity contribution is 6.42. The number of carbonyl (C=O) groups is 2. The Kier molecular flexibility index (Phi) is 5.28. The molecule has 3 rings (SSSR count). The number of ether oxygens (including phenoxy) is 1. The molecule has 1 heterocycles. The second-order valence-corrected chi connectivity index (χ2v) is 7.68. The number of amides is 1. The van der Waals surface area contributed by atoms with Gasteiger partial charge in [0.2, 0.25) is 5.91 Å². The van der Waals surface area contributed by atoms with Crippen molar-refractivity contribution in [3.63, 3.8) is 0 Å². The van der Waals surface area contributed by atoms with Crippen molar-refractivity contribution in [2.75, 3.05) is 13.7 Å². The van der Waals surface area contributed by atoms with E-state index in [-0.39, 0.29) is 24.5 Å². The molecule has 136 valence electrons. The Morgan fingerprint density at radius 2 is 2.04 bits per heavy atom. The molecule has 1 amide bonds. The van der Waals surface area contributed by atoms with Gasteiger partial charge in [0.15, 0.2) is 0 Å². The van der Waals surface area contributed by atoms with E-state index in [4.69, 9.17) is 27.9 Å². The van der Waals surface area contributed by atoms with Crippen LogP contribution >= 0.6 is 23.2 Å². The number of aliphatic carboxylic acids is 1. The molecular weight excluding hydrogens is 365 g/mol. The lowest BCUT2D eigenvalue weighted by Gasteiger charge is -2.44. The second-order valence-electron chi connectivity index (χ2n) is 6.87. The van der Waals surface area contributed by atoms with E-state index in [1.165, 1.54) is 0 Å². The lowest BCUT2D eigenvalue weighted by molar-refractivity contribution is -0.144. The van der Waals surface area contributed by atoms with Crippen LogP contribution in [0.3, 0.4) is 0 Å². The third kappa shape index (κ3) is 3.37. The van der Waals surface area contributed by atoms with Crippen molar-refractivity contribution in [1.29, 1.82) is 0 Å². The highest BCUT2D eigenvalue weighted by atomic mass is 35.5. The van der Waals surface area contributed by atoms with Gasteiger partial charge >= 0.3 is 5.97 Å². The summed E-state index contributed by atoms with van der Waals surface area (Å²) in [5, 5.41) is 10.1. The number of carbonyl (C=O) groups excluding carboxylic acids is 1. The Morgan fingerprint density at radius 1 is 1.32 bits per heavy atom. The van der Waals surface area contributed by atoms with Gasteiger partial charge in [-0.1, -0.05) is 35.7 Å². The predicted molar refractivity (Wildman–Crippen MR) is 95.2 cm³/mol. The average Bonchev–Trinajstić information content (AvgIpc) is 2.91. The Hall–Kier alpha value is -1.30. The summed E-state index contributed by atoms with van der Waals surface area (Å²) in [6.07, 6.45) is 2.78. The number of rotatable bonds is 5. The van der Waals surface area contributed by atoms with Gasteiger partial charge in [-0.25, -0.2) is 0 Å². The predicted octanol–water partition coefficient (Wildman–Crippen LogP) is 3.51. The standard InChI is InChI=1S/C18H21Cl2NO4/c1-25-13-8-12(9-16(22)23)21(10-13)17(24)18(5-2-6-18)11-3-4-14(19)15(20)7-11/h3-4,7,12-13H,2,5-6,8-10H2,1H3,(H,22,23). The molecule has 7 heteroatoms. The molecule has 1 saturated carbocycles. The normalized spacial score (nSPS) is 24.8. The number of methoxy groups -OCH3 is 1. The maximum Gasteiger partial charge on any atom is 0.305 e. The van der Waals surface area contributed by atoms with Gasteiger partial charge in [-0.2, -0.15) is 0 Å². The SMILES string of the molecule is COC1CC(CC(=O)O)N(C(=O)C2(c3ccc(Cl)c(Cl)c3)CCC2)C1. The summed E-state index contributed by atoms with van der Waals surface area (Å²) in [6.45, 7) is 0.427. The van der Waals surface area contributed by atoms with Crippen LogP contribution in [0.5, 0.6) is 0 Å². The lowest BCUT2D eigenvalue weighted by atomic mass is 9.63. The van der Waals surface area contributed by atoms with Crippen molar-refractivity contribution in [2.45, 2.75) is 49.7 Å². The van der Waals surface area contributed by atoms with Crippen LogP contribution in [-0.2, 0) is 19.7 Å². The quantitative estimate of drug-likeness (QED) is 0.841. The minimum absolute atomic E-state index is 0.0251. The fourth-order valence-electron chi connectivity index (χ4n) is 3.91. The van der Waals surface area contributed by atoms with E-state index in [2.05, 4.69) is 0 Å². The fourth-order valence-corrected chi connectivity index (χ4v) is 4.21. The van der Waals surface area contributed by atoms with Crippen molar-refractivity contribution in [3.8, 4) is 0 Å². The van der Waals surface area contributed by atoms with Gasteiger partial charge in [-0.05, 0) is 37.0 Å². The van der Waals surface area contributed by atoms with Crippen molar-refractivity contribution in [1.82, 2.24) is 4.90 Å². The first-order chi connectivity index (χ1) is 11.9. The smallest absolute Gasteiger partial charge is 0.305 e. The zero-order valence-corrected chi connectivity index (χ0v) is 15.5. The third-order valence-electron chi connectivity index (χ3n) is 5.47. The van der Waals surface area contributed by atoms with Crippen LogP contribution in [0.4, 0.5) is 0 Å². The maximum atomic E-state index is 13.4. The van der Waals surface area contributed by atoms with Crippen LogP contribution < -0.4 is 0 Å². The Balaban J connectivity index is 1.90. The van der Waals surface area contributed by atoms with Gasteiger partial charge in [0, 0.05) is 19.7 Å². The van der Waals surface area contributed by atoms with Crippen LogP contribution in [0.1, 0.15) is 37.7 Å². The topological polar surface area (TPSA) is 66.8 Å². The summed E-state index contributed by atoms with van der Waals surface area (Å²) < 4.78 is 5.38. The fraction of sp³-hybridized carbons (Fsp3) is 0.556. The molecule has 1 aliphatic heterocycles. The van der Waals surface area contributed by atoms with Gasteiger partial charge in [0.25, 0.3) is 0 Å². The van der Waals surface area contributed by atoms with Crippen LogP contribution in [0.2, 0.25) is 10.0 Å². The summed E-state index contributed by atoms with van der Waals surface area (Å²) in [7, 11) is 1.59. The zero-order chi connectivity index (χ0) is 18.2. The van der Waals surface area contributed by atoms with Crippen LogP contribution in [0, 0.1) is 0 Å². The highest BCUT2D eigenvalue weighted by Crippen LogP contribution is 2.47. The molecule has 5 nitrogen and oxygen atoms in total. The average molecular weight is 386 g/mol. The molecule has 1 saturated heterocycles. The first kappa shape index (κ1) is 18.5. The van der Waals surface area contributed by atoms with Gasteiger partial charge in [0.1, 0.15) is 0 Å². The number of nitrogens with zero attached hydrogens (tertiary/aromatic N) is 1. The molecule has 1 N–H and O–H groups in total. The molecule has 2 unspecified atom stereocenters. The minimum atomic E-state index is -0.906. The van der Waals surface area contributed by atoms with E-state index >= 15 is 0 Å². The summed E-state index contributed by atoms with van der Waals surface area (Å²) in [4.78, 5) is 26.3. The monoisotopic (exact) mass is 385 g/mol. The largest absolute Gasteiger partial charge is 0.481 e. The van der Waals surface area contributed by atoms with E-state index < -0.39 is 11.4 Å². The second kappa shape index (κ2) is 7.14. The number of halogens is 2. The number of benzene rings is 1. The van der Waals surface area contributed by atoms with Crippen molar-refractivity contribution in [2.24, 2.45) is 0 Å². The van der Waals surface area contributed by atoms with E-state index in [1.807, 2.05) is 6.07 Å². The molecule has 2 fully saturated rings. The van der Waals surface area contributed by atoms with E-state index in [0.29, 0.717) is 23.0 Å². The van der Waals surface area contributed by atoms with E-state index in [9.17, 15) is 14.7 Å². The Bertz CT molecular complexity index is 690. The molecule has 25 heavy (non-hydrogen) atoms. The molecule has 2 atom stereocenters. The summed E-state index contributed by atoms with van der Waals surface area (Å²) in [5.74, 6) is -0.931. The zero-order valence-electron chi connectivity index (χ0n) is 14.0. The van der Waals surface area contributed by atoms with Gasteiger partial charge in [-0.3, -0.25) is 9.59 Å². The first-order valence-electron chi connectivity index (χ1n) is 8.38. The molecule has 0 bridgehead atoms. The van der Waals surface area contributed by atoms with E-state index in [0.717, 1.165) is 24.8 Å². The molecule has 1 aliphatic carbocycles. The number of carboxylic acid groups (broad SMARTS) is 1. The Morgan fingerprint density at radius 3 is 2.56 bits per heavy atom. The number of likely N-dealkylation sites (tertiary alicyclic amines) is 1. The number of hydrogen-bond donors (Lipinski definition) is 1. The molecule has 0 aromatic heterocycles. The van der Waals surface area contributed by atoms with Gasteiger partial charge in [-0.15, -0.1) is 0 Å².